The van der Waals surface area contributed by atoms with Crippen LogP contribution in [0.5, 0.6) is 0 Å². The van der Waals surface area contributed by atoms with E-state index in [1.807, 2.05) is 30.6 Å². The largest absolute Gasteiger partial charge is 0.356 e. The third-order valence-electron chi connectivity index (χ3n) is 3.66. The van der Waals surface area contributed by atoms with Crippen LogP contribution in [0.1, 0.15) is 71.1 Å². The SMILES string of the molecule is CCCCCCCCCCCCOC[n+]1ccccc1.O=[N+]([O-])[O-]. The first-order valence-electron chi connectivity index (χ1n) is 9.00. The normalized spacial score (nSPS) is 10.0. The summed E-state index contributed by atoms with van der Waals surface area (Å²) in [4.78, 5) is 8.25. The van der Waals surface area contributed by atoms with E-state index < -0.39 is 5.09 Å². The van der Waals surface area contributed by atoms with E-state index >= 15 is 0 Å². The molecule has 0 atom stereocenters. The molecule has 24 heavy (non-hydrogen) atoms. The monoisotopic (exact) mass is 340 g/mol. The maximum Gasteiger partial charge on any atom is 0.252 e. The molecule has 1 aromatic heterocycles. The van der Waals surface area contributed by atoms with Crippen LogP contribution in [-0.2, 0) is 11.5 Å². The molecule has 0 N–H and O–H groups in total. The fourth-order valence-electron chi connectivity index (χ4n) is 2.38. The summed E-state index contributed by atoms with van der Waals surface area (Å²) in [5.74, 6) is 0. The molecule has 0 radical (unpaired) electrons. The van der Waals surface area contributed by atoms with Crippen molar-refractivity contribution in [3.05, 3.63) is 45.9 Å². The number of unbranched alkanes of at least 4 members (excludes halogenated alkanes) is 9. The zero-order chi connectivity index (χ0) is 17.9. The Morgan fingerprint density at radius 2 is 1.29 bits per heavy atom. The second-order valence-electron chi connectivity index (χ2n) is 5.83. The third kappa shape index (κ3) is 18.4. The number of hydrogen-bond acceptors (Lipinski definition) is 4. The Hall–Kier alpha value is -1.69. The highest BCUT2D eigenvalue weighted by molar-refractivity contribution is 4.83. The molecule has 0 saturated carbocycles. The molecule has 1 heterocycles. The maximum atomic E-state index is 8.25. The summed E-state index contributed by atoms with van der Waals surface area (Å²) in [6, 6.07) is 6.09. The van der Waals surface area contributed by atoms with Gasteiger partial charge in [0.1, 0.15) is 0 Å². The number of nitrogens with zero attached hydrogens (tertiary/aromatic N) is 2. The second-order valence-corrected chi connectivity index (χ2v) is 5.83. The van der Waals surface area contributed by atoms with Gasteiger partial charge >= 0.3 is 0 Å². The predicted octanol–water partition coefficient (Wildman–Crippen LogP) is 4.63. The molecular weight excluding hydrogens is 308 g/mol. The van der Waals surface area contributed by atoms with Gasteiger partial charge in [0.05, 0.1) is 11.7 Å². The lowest BCUT2D eigenvalue weighted by atomic mass is 10.1. The van der Waals surface area contributed by atoms with Crippen molar-refractivity contribution in [3.63, 3.8) is 0 Å². The second kappa shape index (κ2) is 17.7. The predicted molar refractivity (Wildman–Crippen MR) is 94.8 cm³/mol. The molecule has 6 heteroatoms. The molecule has 0 aliphatic heterocycles. The summed E-state index contributed by atoms with van der Waals surface area (Å²) in [5.41, 5.74) is 0. The van der Waals surface area contributed by atoms with E-state index in [1.54, 1.807) is 0 Å². The highest BCUT2D eigenvalue weighted by atomic mass is 16.9. The van der Waals surface area contributed by atoms with Gasteiger partial charge in [-0.2, -0.15) is 4.57 Å². The van der Waals surface area contributed by atoms with Crippen LogP contribution in [0.2, 0.25) is 0 Å². The van der Waals surface area contributed by atoms with Crippen LogP contribution in [0.4, 0.5) is 0 Å². The quantitative estimate of drug-likeness (QED) is 0.227. The Balaban J connectivity index is 0.00000118. The van der Waals surface area contributed by atoms with Crippen LogP contribution < -0.4 is 4.57 Å². The summed E-state index contributed by atoms with van der Waals surface area (Å²) in [5, 5.41) is 14.8. The molecular formula is C18H32N2O4. The average molecular weight is 340 g/mol. The van der Waals surface area contributed by atoms with Gasteiger partial charge in [0.15, 0.2) is 12.4 Å². The zero-order valence-electron chi connectivity index (χ0n) is 14.9. The summed E-state index contributed by atoms with van der Waals surface area (Å²) < 4.78 is 7.72. The van der Waals surface area contributed by atoms with Crippen molar-refractivity contribution in [1.29, 1.82) is 0 Å². The highest BCUT2D eigenvalue weighted by Crippen LogP contribution is 2.10. The van der Waals surface area contributed by atoms with Gasteiger partial charge in [0.2, 0.25) is 0 Å². The smallest absolute Gasteiger partial charge is 0.252 e. The van der Waals surface area contributed by atoms with Gasteiger partial charge in [-0.25, -0.2) is 0 Å². The van der Waals surface area contributed by atoms with E-state index in [-0.39, 0.29) is 0 Å². The minimum atomic E-state index is -1.75. The number of hydrogen-bond donors (Lipinski definition) is 0. The van der Waals surface area contributed by atoms with Crippen molar-refractivity contribution in [2.24, 2.45) is 0 Å². The fourth-order valence-corrected chi connectivity index (χ4v) is 2.38. The Bertz CT molecular complexity index is 384. The van der Waals surface area contributed by atoms with Crippen molar-refractivity contribution >= 4 is 0 Å². The van der Waals surface area contributed by atoms with Crippen LogP contribution in [0.15, 0.2) is 30.6 Å². The van der Waals surface area contributed by atoms with Crippen LogP contribution in [0, 0.1) is 15.3 Å². The summed E-state index contributed by atoms with van der Waals surface area (Å²) >= 11 is 0. The number of aromatic nitrogens is 1. The van der Waals surface area contributed by atoms with Crippen molar-refractivity contribution in [3.8, 4) is 0 Å². The van der Waals surface area contributed by atoms with E-state index in [9.17, 15) is 0 Å². The summed E-state index contributed by atoms with van der Waals surface area (Å²) in [6.45, 7) is 3.84. The van der Waals surface area contributed by atoms with Gasteiger partial charge in [-0.1, -0.05) is 70.8 Å². The molecule has 0 aromatic carbocycles. The Morgan fingerprint density at radius 3 is 1.79 bits per heavy atom. The van der Waals surface area contributed by atoms with Gasteiger partial charge in [0.25, 0.3) is 6.73 Å². The lowest BCUT2D eigenvalue weighted by Gasteiger charge is -2.02. The Kier molecular flexibility index (Phi) is 16.4. The van der Waals surface area contributed by atoms with Gasteiger partial charge in [0, 0.05) is 12.1 Å². The lowest BCUT2D eigenvalue weighted by Crippen LogP contribution is -2.33. The lowest BCUT2D eigenvalue weighted by molar-refractivity contribution is -0.732. The molecule has 6 nitrogen and oxygen atoms in total. The van der Waals surface area contributed by atoms with Crippen LogP contribution >= 0.6 is 0 Å². The fraction of sp³-hybridized carbons (Fsp3) is 0.722. The van der Waals surface area contributed by atoms with Crippen LogP contribution in [-0.4, -0.2) is 11.7 Å². The first kappa shape index (κ1) is 22.3. The van der Waals surface area contributed by atoms with Crippen LogP contribution in [0.3, 0.4) is 0 Å². The van der Waals surface area contributed by atoms with E-state index in [2.05, 4.69) is 11.5 Å². The molecule has 0 fully saturated rings. The topological polar surface area (TPSA) is 79.3 Å². The first-order valence-corrected chi connectivity index (χ1v) is 9.00. The average Bonchev–Trinajstić information content (AvgIpc) is 2.56. The number of rotatable bonds is 13. The standard InChI is InChI=1S/C18H32NO.NO3/c1-2-3-4-5-6-7-8-9-10-14-17-20-18-19-15-12-11-13-16-19;2-1(3)4/h11-13,15-16H,2-10,14,17-18H2,1H3;/q+1;-1. The molecule has 0 bridgehead atoms. The van der Waals surface area contributed by atoms with Crippen molar-refractivity contribution in [2.45, 2.75) is 77.9 Å². The Morgan fingerprint density at radius 1 is 0.833 bits per heavy atom. The van der Waals surface area contributed by atoms with Crippen molar-refractivity contribution < 1.29 is 14.4 Å². The van der Waals surface area contributed by atoms with Crippen molar-refractivity contribution in [1.82, 2.24) is 0 Å². The van der Waals surface area contributed by atoms with Gasteiger partial charge in [-0.15, -0.1) is 0 Å². The summed E-state index contributed by atoms with van der Waals surface area (Å²) in [6.07, 6.45) is 17.8. The molecule has 0 aliphatic rings. The van der Waals surface area contributed by atoms with E-state index in [0.29, 0.717) is 6.73 Å². The zero-order valence-corrected chi connectivity index (χ0v) is 14.9. The number of pyridine rings is 1. The maximum absolute atomic E-state index is 8.25. The third-order valence-corrected chi connectivity index (χ3v) is 3.66. The highest BCUT2D eigenvalue weighted by Gasteiger charge is 1.97. The summed E-state index contributed by atoms with van der Waals surface area (Å²) in [7, 11) is 0. The molecule has 138 valence electrons. The van der Waals surface area contributed by atoms with Crippen LogP contribution in [0.25, 0.3) is 0 Å². The molecule has 0 aliphatic carbocycles. The molecule has 0 saturated heterocycles. The van der Waals surface area contributed by atoms with Gasteiger partial charge in [-0.05, 0) is 6.42 Å². The number of ether oxygens (including phenoxy) is 1. The molecule has 0 amide bonds. The van der Waals surface area contributed by atoms with Gasteiger partial charge < -0.3 is 20.1 Å². The minimum Gasteiger partial charge on any atom is -0.356 e. The van der Waals surface area contributed by atoms with E-state index in [1.165, 1.54) is 64.2 Å². The Labute approximate surface area is 145 Å². The van der Waals surface area contributed by atoms with E-state index in [4.69, 9.17) is 20.1 Å². The van der Waals surface area contributed by atoms with E-state index in [0.717, 1.165) is 6.61 Å². The molecule has 0 spiro atoms. The van der Waals surface area contributed by atoms with Crippen molar-refractivity contribution in [2.75, 3.05) is 6.61 Å². The molecule has 1 rings (SSSR count). The minimum absolute atomic E-state index is 0.679. The van der Waals surface area contributed by atoms with Gasteiger partial charge in [-0.3, -0.25) is 0 Å². The first-order chi connectivity index (χ1) is 11.7. The molecule has 1 aromatic rings. The molecule has 0 unspecified atom stereocenters.